The summed E-state index contributed by atoms with van der Waals surface area (Å²) in [4.78, 5) is 12.0. The number of hydrogen-bond acceptors (Lipinski definition) is 6. The van der Waals surface area contributed by atoms with Gasteiger partial charge in [0.15, 0.2) is 0 Å². The smallest absolute Gasteiger partial charge is 0.507 e. The molecule has 3 rings (SSSR count). The summed E-state index contributed by atoms with van der Waals surface area (Å²) in [6.07, 6.45) is -0.768. The topological polar surface area (TPSA) is 85.2 Å². The second-order valence-electron chi connectivity index (χ2n) is 11.0. The fourth-order valence-corrected chi connectivity index (χ4v) is 4.20. The molecule has 3 aromatic rings. The van der Waals surface area contributed by atoms with Crippen LogP contribution in [0, 0.1) is 0 Å². The first-order chi connectivity index (χ1) is 16.6. The summed E-state index contributed by atoms with van der Waals surface area (Å²) in [6.45, 7) is 13.4. The Morgan fingerprint density at radius 3 is 1.47 bits per heavy atom. The minimum atomic E-state index is -0.768. The van der Waals surface area contributed by atoms with Gasteiger partial charge < -0.3 is 24.4 Å². The van der Waals surface area contributed by atoms with Crippen LogP contribution in [0.3, 0.4) is 0 Å². The molecule has 0 saturated carbocycles. The molecule has 192 valence electrons. The molecule has 36 heavy (non-hydrogen) atoms. The Morgan fingerprint density at radius 2 is 1.08 bits per heavy atom. The Bertz CT molecular complexity index is 1220. The van der Waals surface area contributed by atoms with Crippen molar-refractivity contribution in [1.29, 1.82) is 0 Å². The van der Waals surface area contributed by atoms with Crippen LogP contribution in [0.25, 0.3) is 0 Å². The lowest BCUT2D eigenvalue weighted by atomic mass is 9.72. The molecule has 0 atom stereocenters. The predicted molar refractivity (Wildman–Crippen MR) is 140 cm³/mol. The van der Waals surface area contributed by atoms with E-state index in [0.29, 0.717) is 16.9 Å². The van der Waals surface area contributed by atoms with Gasteiger partial charge in [0.1, 0.15) is 28.6 Å². The molecule has 0 aromatic heterocycles. The van der Waals surface area contributed by atoms with Crippen molar-refractivity contribution in [2.24, 2.45) is 0 Å². The van der Waals surface area contributed by atoms with E-state index in [-0.39, 0.29) is 11.5 Å². The molecule has 0 fully saturated rings. The zero-order chi connectivity index (χ0) is 26.9. The summed E-state index contributed by atoms with van der Waals surface area (Å²) in [5, 5.41) is 21.6. The standard InChI is InChI=1S/C30H36O6/c1-28(2,3)36-27(33)35-22-15-11-20(12-16-22)30(6,7)24-17-23(25(31)18-26(24)32)29(4,5)19-9-13-21(34-8)14-10-19/h9-18,31-32H,1-8H3. The fourth-order valence-electron chi connectivity index (χ4n) is 4.20. The van der Waals surface area contributed by atoms with Crippen molar-refractivity contribution < 1.29 is 29.2 Å². The maximum Gasteiger partial charge on any atom is 0.514 e. The molecular formula is C30H36O6. The van der Waals surface area contributed by atoms with E-state index < -0.39 is 22.6 Å². The molecule has 0 saturated heterocycles. The van der Waals surface area contributed by atoms with Gasteiger partial charge in [-0.15, -0.1) is 0 Å². The molecule has 0 aliphatic heterocycles. The van der Waals surface area contributed by atoms with Crippen molar-refractivity contribution in [2.75, 3.05) is 7.11 Å². The Balaban J connectivity index is 1.95. The van der Waals surface area contributed by atoms with E-state index in [1.165, 1.54) is 6.07 Å². The highest BCUT2D eigenvalue weighted by Gasteiger charge is 2.32. The molecule has 0 spiro atoms. The molecule has 6 heteroatoms. The molecule has 2 N–H and O–H groups in total. The van der Waals surface area contributed by atoms with Gasteiger partial charge in [-0.3, -0.25) is 0 Å². The third kappa shape index (κ3) is 5.76. The highest BCUT2D eigenvalue weighted by molar-refractivity contribution is 5.64. The number of ether oxygens (including phenoxy) is 3. The Morgan fingerprint density at radius 1 is 0.667 bits per heavy atom. The minimum absolute atomic E-state index is 0.000799. The monoisotopic (exact) mass is 492 g/mol. The Hall–Kier alpha value is -3.67. The van der Waals surface area contributed by atoms with Gasteiger partial charge in [-0.1, -0.05) is 52.0 Å². The van der Waals surface area contributed by atoms with Crippen LogP contribution in [0.15, 0.2) is 60.7 Å². The number of hydrogen-bond donors (Lipinski definition) is 2. The van der Waals surface area contributed by atoms with Crippen molar-refractivity contribution in [2.45, 2.75) is 64.9 Å². The molecule has 0 amide bonds. The molecule has 0 bridgehead atoms. The van der Waals surface area contributed by atoms with Crippen molar-refractivity contribution in [3.05, 3.63) is 82.9 Å². The largest absolute Gasteiger partial charge is 0.514 e. The predicted octanol–water partition coefficient (Wildman–Crippen LogP) is 7.07. The van der Waals surface area contributed by atoms with E-state index in [1.54, 1.807) is 40.0 Å². The van der Waals surface area contributed by atoms with Gasteiger partial charge in [0.2, 0.25) is 0 Å². The number of carbonyl (C=O) groups is 1. The summed E-state index contributed by atoms with van der Waals surface area (Å²) in [6, 6.07) is 18.1. The van der Waals surface area contributed by atoms with E-state index in [0.717, 1.165) is 16.9 Å². The molecule has 3 aromatic carbocycles. The molecule has 0 unspecified atom stereocenters. The van der Waals surface area contributed by atoms with E-state index >= 15 is 0 Å². The normalized spacial score (nSPS) is 12.2. The third-order valence-electron chi connectivity index (χ3n) is 6.44. The first-order valence-electron chi connectivity index (χ1n) is 11.9. The quantitative estimate of drug-likeness (QED) is 0.283. The maximum absolute atomic E-state index is 12.0. The summed E-state index contributed by atoms with van der Waals surface area (Å²) >= 11 is 0. The first kappa shape index (κ1) is 26.9. The van der Waals surface area contributed by atoms with E-state index in [2.05, 4.69) is 0 Å². The zero-order valence-corrected chi connectivity index (χ0v) is 22.3. The number of carbonyl (C=O) groups excluding carboxylic acids is 1. The number of phenols is 2. The number of benzene rings is 3. The Labute approximate surface area is 213 Å². The molecule has 0 heterocycles. The third-order valence-corrected chi connectivity index (χ3v) is 6.44. The number of phenolic OH excluding ortho intramolecular Hbond substituents is 2. The lowest BCUT2D eigenvalue weighted by Gasteiger charge is -2.32. The lowest BCUT2D eigenvalue weighted by Crippen LogP contribution is -2.26. The summed E-state index contributed by atoms with van der Waals surface area (Å²) in [5.74, 6) is 1.14. The molecule has 0 radical (unpaired) electrons. The fraction of sp³-hybridized carbons (Fsp3) is 0.367. The van der Waals surface area contributed by atoms with Crippen LogP contribution < -0.4 is 9.47 Å². The summed E-state index contributed by atoms with van der Waals surface area (Å²) in [7, 11) is 1.62. The van der Waals surface area contributed by atoms with Crippen LogP contribution in [0.5, 0.6) is 23.0 Å². The highest BCUT2D eigenvalue weighted by atomic mass is 16.7. The summed E-state index contributed by atoms with van der Waals surface area (Å²) < 4.78 is 15.8. The average Bonchev–Trinajstić information content (AvgIpc) is 2.77. The highest BCUT2D eigenvalue weighted by Crippen LogP contribution is 2.45. The van der Waals surface area contributed by atoms with Crippen LogP contribution >= 0.6 is 0 Å². The first-order valence-corrected chi connectivity index (χ1v) is 11.9. The summed E-state index contributed by atoms with van der Waals surface area (Å²) in [5.41, 5.74) is 1.45. The van der Waals surface area contributed by atoms with Gasteiger partial charge in [-0.05, 0) is 62.2 Å². The molecular weight excluding hydrogens is 456 g/mol. The molecule has 6 nitrogen and oxygen atoms in total. The number of methoxy groups -OCH3 is 1. The van der Waals surface area contributed by atoms with Crippen LogP contribution in [-0.2, 0) is 15.6 Å². The van der Waals surface area contributed by atoms with Crippen LogP contribution in [0.1, 0.15) is 70.7 Å². The second-order valence-corrected chi connectivity index (χ2v) is 11.0. The van der Waals surface area contributed by atoms with Gasteiger partial charge >= 0.3 is 6.16 Å². The van der Waals surface area contributed by atoms with Crippen LogP contribution in [-0.4, -0.2) is 29.1 Å². The number of rotatable bonds is 6. The van der Waals surface area contributed by atoms with Gasteiger partial charge in [-0.2, -0.15) is 0 Å². The van der Waals surface area contributed by atoms with Crippen molar-refractivity contribution in [3.8, 4) is 23.0 Å². The number of aromatic hydroxyl groups is 2. The van der Waals surface area contributed by atoms with E-state index in [9.17, 15) is 15.0 Å². The van der Waals surface area contributed by atoms with E-state index in [1.807, 2.05) is 70.2 Å². The van der Waals surface area contributed by atoms with Gasteiger partial charge in [-0.25, -0.2) is 4.79 Å². The Kier molecular flexibility index (Phi) is 7.30. The van der Waals surface area contributed by atoms with Crippen molar-refractivity contribution >= 4 is 6.16 Å². The van der Waals surface area contributed by atoms with Crippen molar-refractivity contribution in [3.63, 3.8) is 0 Å². The van der Waals surface area contributed by atoms with Crippen LogP contribution in [0.4, 0.5) is 4.79 Å². The van der Waals surface area contributed by atoms with E-state index in [4.69, 9.17) is 14.2 Å². The molecule has 0 aliphatic rings. The van der Waals surface area contributed by atoms with Crippen LogP contribution in [0.2, 0.25) is 0 Å². The lowest BCUT2D eigenvalue weighted by molar-refractivity contribution is 0.0206. The molecule has 0 aliphatic carbocycles. The maximum atomic E-state index is 12.0. The van der Waals surface area contributed by atoms with Gasteiger partial charge in [0.25, 0.3) is 0 Å². The van der Waals surface area contributed by atoms with Crippen molar-refractivity contribution in [1.82, 2.24) is 0 Å². The van der Waals surface area contributed by atoms with Gasteiger partial charge in [0, 0.05) is 28.0 Å². The average molecular weight is 493 g/mol. The second kappa shape index (κ2) is 9.76. The van der Waals surface area contributed by atoms with Gasteiger partial charge in [0.05, 0.1) is 7.11 Å². The SMILES string of the molecule is COc1ccc(C(C)(C)c2cc(C(C)(C)c3ccc(OC(=O)OC(C)(C)C)cc3)c(O)cc2O)cc1. The zero-order valence-electron chi connectivity index (χ0n) is 22.3. The minimum Gasteiger partial charge on any atom is -0.507 e.